The van der Waals surface area contributed by atoms with Crippen molar-refractivity contribution in [1.82, 2.24) is 0 Å². The van der Waals surface area contributed by atoms with Crippen molar-refractivity contribution in [2.24, 2.45) is 0 Å². The second-order valence-electron chi connectivity index (χ2n) is 4.44. The van der Waals surface area contributed by atoms with Gasteiger partial charge in [-0.2, -0.15) is 0 Å². The Morgan fingerprint density at radius 3 is 2.61 bits per heavy atom. The van der Waals surface area contributed by atoms with Crippen LogP contribution in [0.15, 0.2) is 30.3 Å². The van der Waals surface area contributed by atoms with Crippen molar-refractivity contribution in [3.8, 4) is 5.75 Å². The molecule has 120 valence electrons. The van der Waals surface area contributed by atoms with Gasteiger partial charge in [-0.1, -0.05) is 0 Å². The highest BCUT2D eigenvalue weighted by Crippen LogP contribution is 2.30. The summed E-state index contributed by atoms with van der Waals surface area (Å²) in [4.78, 5) is 22.7. The van der Waals surface area contributed by atoms with Crippen LogP contribution in [0, 0.1) is 17.3 Å². The number of nitrogens with zero attached hydrogens (tertiary/aromatic N) is 1. The lowest BCUT2D eigenvalue weighted by molar-refractivity contribution is -0.384. The van der Waals surface area contributed by atoms with Crippen LogP contribution in [0.1, 0.15) is 10.4 Å². The van der Waals surface area contributed by atoms with Gasteiger partial charge in [0.15, 0.2) is 0 Å². The Labute approximate surface area is 159 Å². The molecule has 0 bridgehead atoms. The first kappa shape index (κ1) is 17.7. The fourth-order valence-electron chi connectivity index (χ4n) is 1.86. The second kappa shape index (κ2) is 7.29. The lowest BCUT2D eigenvalue weighted by atomic mass is 10.1. The van der Waals surface area contributed by atoms with Gasteiger partial charge in [0.05, 0.1) is 35.0 Å². The summed E-state index contributed by atoms with van der Waals surface area (Å²) in [6.07, 6.45) is 0. The number of hydrogen-bond donors (Lipinski definition) is 2. The molecule has 2 aromatic carbocycles. The number of halogens is 2. The van der Waals surface area contributed by atoms with Crippen molar-refractivity contribution in [3.05, 3.63) is 53.1 Å². The summed E-state index contributed by atoms with van der Waals surface area (Å²) in [5, 5.41) is 13.5. The number of non-ortho nitro benzene ring substituents is 1. The number of nitro benzene ring substituents is 1. The molecule has 0 saturated heterocycles. The number of anilines is 2. The zero-order valence-electron chi connectivity index (χ0n) is 11.8. The van der Waals surface area contributed by atoms with Crippen LogP contribution in [-0.2, 0) is 0 Å². The molecule has 1 amide bonds. The highest BCUT2D eigenvalue weighted by Gasteiger charge is 2.17. The number of rotatable bonds is 4. The Kier molecular flexibility index (Phi) is 5.62. The summed E-state index contributed by atoms with van der Waals surface area (Å²) in [7, 11) is 1.37. The van der Waals surface area contributed by atoms with Gasteiger partial charge in [-0.05, 0) is 63.4 Å². The highest BCUT2D eigenvalue weighted by molar-refractivity contribution is 14.1. The summed E-state index contributed by atoms with van der Waals surface area (Å²) >= 11 is 4.15. The van der Waals surface area contributed by atoms with Gasteiger partial charge in [0.25, 0.3) is 11.6 Å². The van der Waals surface area contributed by atoms with E-state index in [1.54, 1.807) is 6.07 Å². The summed E-state index contributed by atoms with van der Waals surface area (Å²) in [6, 6.07) is 7.49. The quantitative estimate of drug-likeness (QED) is 0.267. The molecule has 0 heterocycles. The number of methoxy groups -OCH3 is 1. The van der Waals surface area contributed by atoms with Crippen LogP contribution in [0.3, 0.4) is 0 Å². The standard InChI is InChI=1S/C14H11I2N3O4/c1-23-12-6-8(19(21)22)2-3-11(12)18-14(20)9-4-7(15)5-10(16)13(9)17/h2-6H,17H2,1H3,(H,18,20). The van der Waals surface area contributed by atoms with Gasteiger partial charge in [-0.25, -0.2) is 0 Å². The van der Waals surface area contributed by atoms with Crippen LogP contribution in [-0.4, -0.2) is 17.9 Å². The summed E-state index contributed by atoms with van der Waals surface area (Å²) < 4.78 is 6.75. The highest BCUT2D eigenvalue weighted by atomic mass is 127. The topological polar surface area (TPSA) is 107 Å². The molecular weight excluding hydrogens is 528 g/mol. The van der Waals surface area contributed by atoms with Crippen molar-refractivity contribution in [2.45, 2.75) is 0 Å². The zero-order valence-corrected chi connectivity index (χ0v) is 16.1. The molecule has 7 nitrogen and oxygen atoms in total. The van der Waals surface area contributed by atoms with E-state index in [4.69, 9.17) is 10.5 Å². The molecule has 0 radical (unpaired) electrons. The van der Waals surface area contributed by atoms with Crippen LogP contribution in [0.25, 0.3) is 0 Å². The average Bonchev–Trinajstić information content (AvgIpc) is 2.50. The Morgan fingerprint density at radius 1 is 1.30 bits per heavy atom. The Balaban J connectivity index is 2.36. The van der Waals surface area contributed by atoms with E-state index in [9.17, 15) is 14.9 Å². The van der Waals surface area contributed by atoms with Gasteiger partial charge in [0, 0.05) is 13.2 Å². The van der Waals surface area contributed by atoms with E-state index in [1.807, 2.05) is 6.07 Å². The first-order valence-electron chi connectivity index (χ1n) is 6.21. The van der Waals surface area contributed by atoms with Gasteiger partial charge < -0.3 is 15.8 Å². The lowest BCUT2D eigenvalue weighted by Gasteiger charge is -2.12. The first-order chi connectivity index (χ1) is 10.8. The minimum atomic E-state index is -0.534. The van der Waals surface area contributed by atoms with Crippen LogP contribution >= 0.6 is 45.2 Å². The zero-order chi connectivity index (χ0) is 17.1. The maximum absolute atomic E-state index is 12.4. The largest absolute Gasteiger partial charge is 0.494 e. The predicted molar refractivity (Wildman–Crippen MR) is 104 cm³/mol. The van der Waals surface area contributed by atoms with Gasteiger partial charge in [-0.15, -0.1) is 0 Å². The Morgan fingerprint density at radius 2 is 2.00 bits per heavy atom. The molecular formula is C14H11I2N3O4. The fraction of sp³-hybridized carbons (Fsp3) is 0.0714. The Bertz CT molecular complexity index is 796. The normalized spacial score (nSPS) is 10.2. The number of benzene rings is 2. The van der Waals surface area contributed by atoms with E-state index in [1.165, 1.54) is 25.3 Å². The number of nitrogen functional groups attached to an aromatic ring is 1. The van der Waals surface area contributed by atoms with Crippen molar-refractivity contribution in [1.29, 1.82) is 0 Å². The van der Waals surface area contributed by atoms with Crippen molar-refractivity contribution >= 4 is 68.2 Å². The lowest BCUT2D eigenvalue weighted by Crippen LogP contribution is -2.15. The van der Waals surface area contributed by atoms with E-state index in [-0.39, 0.29) is 11.4 Å². The number of hydrogen-bond acceptors (Lipinski definition) is 5. The van der Waals surface area contributed by atoms with Crippen molar-refractivity contribution < 1.29 is 14.5 Å². The molecule has 0 unspecified atom stereocenters. The number of carbonyl (C=O) groups is 1. The maximum Gasteiger partial charge on any atom is 0.273 e. The third-order valence-electron chi connectivity index (χ3n) is 2.98. The molecule has 0 atom stereocenters. The summed E-state index contributed by atoms with van der Waals surface area (Å²) in [6.45, 7) is 0. The SMILES string of the molecule is COc1cc([N+](=O)[O-])ccc1NC(=O)c1cc(I)cc(I)c1N. The molecule has 0 saturated carbocycles. The summed E-state index contributed by atoms with van der Waals surface area (Å²) in [5.74, 6) is -0.211. The van der Waals surface area contributed by atoms with Crippen LogP contribution in [0.5, 0.6) is 5.75 Å². The third kappa shape index (κ3) is 4.02. The molecule has 2 rings (SSSR count). The molecule has 0 aliphatic rings. The number of nitrogens with one attached hydrogen (secondary N) is 1. The molecule has 0 spiro atoms. The second-order valence-corrected chi connectivity index (χ2v) is 6.85. The van der Waals surface area contributed by atoms with Crippen molar-refractivity contribution in [2.75, 3.05) is 18.2 Å². The smallest absolute Gasteiger partial charge is 0.273 e. The molecule has 0 aliphatic heterocycles. The van der Waals surface area contributed by atoms with E-state index in [2.05, 4.69) is 50.5 Å². The van der Waals surface area contributed by atoms with Gasteiger partial charge >= 0.3 is 0 Å². The molecule has 0 aliphatic carbocycles. The van der Waals surface area contributed by atoms with Gasteiger partial charge in [0.2, 0.25) is 0 Å². The summed E-state index contributed by atoms with van der Waals surface area (Å²) in [5.41, 5.74) is 6.87. The maximum atomic E-state index is 12.4. The van der Waals surface area contributed by atoms with Crippen LogP contribution in [0.2, 0.25) is 0 Å². The molecule has 2 aromatic rings. The molecule has 0 fully saturated rings. The van der Waals surface area contributed by atoms with Crippen LogP contribution in [0.4, 0.5) is 17.1 Å². The van der Waals surface area contributed by atoms with E-state index >= 15 is 0 Å². The van der Waals surface area contributed by atoms with Crippen molar-refractivity contribution in [3.63, 3.8) is 0 Å². The van der Waals surface area contributed by atoms with E-state index in [0.717, 1.165) is 7.14 Å². The van der Waals surface area contributed by atoms with Crippen LogP contribution < -0.4 is 15.8 Å². The number of nitrogens with two attached hydrogens (primary N) is 1. The molecule has 9 heteroatoms. The first-order valence-corrected chi connectivity index (χ1v) is 8.37. The molecule has 23 heavy (non-hydrogen) atoms. The van der Waals surface area contributed by atoms with E-state index in [0.29, 0.717) is 16.9 Å². The van der Waals surface area contributed by atoms with Gasteiger partial charge in [-0.3, -0.25) is 14.9 Å². The predicted octanol–water partition coefficient (Wildman–Crippen LogP) is 3.65. The number of amides is 1. The number of nitro groups is 1. The number of ether oxygens (including phenoxy) is 1. The minimum Gasteiger partial charge on any atom is -0.494 e. The monoisotopic (exact) mass is 539 g/mol. The third-order valence-corrected chi connectivity index (χ3v) is 4.50. The molecule has 0 aromatic heterocycles. The fourth-order valence-corrected chi connectivity index (χ4v) is 3.70. The molecule has 3 N–H and O–H groups in total. The Hall–Kier alpha value is -1.63. The van der Waals surface area contributed by atoms with E-state index < -0.39 is 10.8 Å². The minimum absolute atomic E-state index is 0.122. The number of carbonyl (C=O) groups excluding carboxylic acids is 1. The average molecular weight is 539 g/mol. The van der Waals surface area contributed by atoms with Gasteiger partial charge in [0.1, 0.15) is 5.75 Å².